The fourth-order valence-electron chi connectivity index (χ4n) is 4.83. The van der Waals surface area contributed by atoms with Gasteiger partial charge in [-0.1, -0.05) is 6.07 Å². The predicted molar refractivity (Wildman–Crippen MR) is 134 cm³/mol. The Morgan fingerprint density at radius 2 is 1.80 bits per heavy atom. The molecule has 35 heavy (non-hydrogen) atoms. The summed E-state index contributed by atoms with van der Waals surface area (Å²) in [5, 5.41) is 15.6. The number of benzene rings is 1. The van der Waals surface area contributed by atoms with Crippen LogP contribution in [-0.4, -0.2) is 44.2 Å². The van der Waals surface area contributed by atoms with Gasteiger partial charge in [-0.05, 0) is 74.1 Å². The number of pyridine rings is 2. The number of aliphatic hydroxyl groups excluding tert-OH is 1. The second-order valence-electron chi connectivity index (χ2n) is 9.71. The highest BCUT2D eigenvalue weighted by Gasteiger charge is 2.30. The summed E-state index contributed by atoms with van der Waals surface area (Å²) in [6.07, 6.45) is 10.1. The number of hydrogen-bond acceptors (Lipinski definition) is 6. The molecule has 2 aliphatic rings. The van der Waals surface area contributed by atoms with Gasteiger partial charge in [-0.3, -0.25) is 14.6 Å². The van der Waals surface area contributed by atoms with Crippen molar-refractivity contribution in [3.05, 3.63) is 66.4 Å². The second-order valence-corrected chi connectivity index (χ2v) is 9.71. The summed E-state index contributed by atoms with van der Waals surface area (Å²) in [6.45, 7) is 3.32. The molecule has 1 unspecified atom stereocenters. The Balaban J connectivity index is 1.32. The van der Waals surface area contributed by atoms with E-state index in [1.165, 1.54) is 12.8 Å². The largest absolute Gasteiger partial charge is 0.453 e. The van der Waals surface area contributed by atoms with Gasteiger partial charge in [0.15, 0.2) is 5.75 Å². The molecule has 0 radical (unpaired) electrons. The fraction of sp³-hybridized carbons (Fsp3) is 0.393. The first-order valence-electron chi connectivity index (χ1n) is 12.5. The Hall–Kier alpha value is -3.29. The van der Waals surface area contributed by atoms with Crippen LogP contribution in [0.5, 0.6) is 11.5 Å². The van der Waals surface area contributed by atoms with Gasteiger partial charge in [0.05, 0.1) is 23.9 Å². The lowest BCUT2D eigenvalue weighted by Crippen LogP contribution is -2.15. The van der Waals surface area contributed by atoms with Crippen molar-refractivity contribution in [2.45, 2.75) is 57.1 Å². The molecule has 1 atom stereocenters. The lowest BCUT2D eigenvalue weighted by molar-refractivity contribution is 0.0839. The van der Waals surface area contributed by atoms with Crippen LogP contribution in [0.15, 0.2) is 55.0 Å². The quantitative estimate of drug-likeness (QED) is 0.387. The van der Waals surface area contributed by atoms with E-state index in [4.69, 9.17) is 14.6 Å². The Kier molecular flexibility index (Phi) is 5.96. The summed E-state index contributed by atoms with van der Waals surface area (Å²) in [5.74, 6) is 1.99. The van der Waals surface area contributed by atoms with Crippen LogP contribution in [0.25, 0.3) is 22.0 Å². The summed E-state index contributed by atoms with van der Waals surface area (Å²) >= 11 is 0. The maximum absolute atomic E-state index is 9.72. The molecule has 2 fully saturated rings. The zero-order chi connectivity index (χ0) is 23.8. The topological polar surface area (TPSA) is 82.3 Å². The molecule has 4 aromatic rings. The van der Waals surface area contributed by atoms with Gasteiger partial charge in [-0.2, -0.15) is 5.10 Å². The number of ether oxygens (including phenoxy) is 2. The molecule has 6 rings (SSSR count). The third-order valence-corrected chi connectivity index (χ3v) is 6.83. The predicted octanol–water partition coefficient (Wildman–Crippen LogP) is 5.44. The lowest BCUT2D eigenvalue weighted by atomic mass is 9.96. The summed E-state index contributed by atoms with van der Waals surface area (Å²) in [4.78, 5) is 9.01. The molecule has 1 saturated carbocycles. The molecule has 3 aromatic heterocycles. The first kappa shape index (κ1) is 22.2. The maximum Gasteiger partial charge on any atom is 0.168 e. The van der Waals surface area contributed by atoms with Crippen molar-refractivity contribution >= 4 is 10.9 Å². The Bertz CT molecular complexity index is 1340. The molecule has 0 amide bonds. The molecule has 4 heterocycles. The summed E-state index contributed by atoms with van der Waals surface area (Å²) < 4.78 is 14.2. The Morgan fingerprint density at radius 3 is 2.60 bits per heavy atom. The van der Waals surface area contributed by atoms with Crippen molar-refractivity contribution in [2.24, 2.45) is 0 Å². The maximum atomic E-state index is 9.72. The summed E-state index contributed by atoms with van der Waals surface area (Å²) in [6, 6.07) is 12.7. The van der Waals surface area contributed by atoms with Crippen LogP contribution >= 0.6 is 0 Å². The zero-order valence-corrected chi connectivity index (χ0v) is 19.9. The molecule has 1 aliphatic heterocycles. The van der Waals surface area contributed by atoms with Crippen molar-refractivity contribution in [2.75, 3.05) is 13.2 Å². The number of aliphatic hydroxyl groups is 1. The highest BCUT2D eigenvalue weighted by atomic mass is 16.5. The van der Waals surface area contributed by atoms with Gasteiger partial charge in [-0.15, -0.1) is 0 Å². The molecule has 1 aromatic carbocycles. The SMILES string of the molecule is CC(O)Cc1cc(-c2ccc3c(Oc4cn(C5CC5)nc4C4CCOCC4)ccnc3c2)ccn1. The molecule has 7 heteroatoms. The molecule has 1 saturated heterocycles. The van der Waals surface area contributed by atoms with Gasteiger partial charge in [0.2, 0.25) is 0 Å². The van der Waals surface area contributed by atoms with E-state index in [1.54, 1.807) is 19.3 Å². The number of aromatic nitrogens is 4. The first-order valence-corrected chi connectivity index (χ1v) is 12.5. The van der Waals surface area contributed by atoms with Crippen molar-refractivity contribution in [3.63, 3.8) is 0 Å². The van der Waals surface area contributed by atoms with E-state index in [1.807, 2.05) is 18.2 Å². The van der Waals surface area contributed by atoms with Crippen LogP contribution in [0.4, 0.5) is 0 Å². The molecule has 7 nitrogen and oxygen atoms in total. The van der Waals surface area contributed by atoms with Gasteiger partial charge in [-0.25, -0.2) is 0 Å². The number of hydrogen-bond donors (Lipinski definition) is 1. The van der Waals surface area contributed by atoms with Crippen LogP contribution in [0.2, 0.25) is 0 Å². The van der Waals surface area contributed by atoms with Crippen molar-refractivity contribution in [1.29, 1.82) is 0 Å². The third kappa shape index (κ3) is 4.79. The minimum absolute atomic E-state index is 0.362. The fourth-order valence-corrected chi connectivity index (χ4v) is 4.83. The number of rotatable bonds is 7. The van der Waals surface area contributed by atoms with E-state index in [0.29, 0.717) is 18.4 Å². The lowest BCUT2D eigenvalue weighted by Gasteiger charge is -2.21. The molecule has 1 N–H and O–H groups in total. The second kappa shape index (κ2) is 9.40. The highest BCUT2D eigenvalue weighted by molar-refractivity contribution is 5.89. The average molecular weight is 471 g/mol. The van der Waals surface area contributed by atoms with Crippen LogP contribution < -0.4 is 4.74 Å². The normalized spacial score (nSPS) is 17.5. The molecule has 0 spiro atoms. The Labute approximate surface area is 204 Å². The molecule has 1 aliphatic carbocycles. The van der Waals surface area contributed by atoms with E-state index in [9.17, 15) is 5.11 Å². The van der Waals surface area contributed by atoms with Crippen molar-refractivity contribution < 1.29 is 14.6 Å². The smallest absolute Gasteiger partial charge is 0.168 e. The minimum atomic E-state index is -0.425. The number of fused-ring (bicyclic) bond motifs is 1. The van der Waals surface area contributed by atoms with E-state index in [0.717, 1.165) is 71.0 Å². The minimum Gasteiger partial charge on any atom is -0.453 e. The Morgan fingerprint density at radius 1 is 1.00 bits per heavy atom. The van der Waals surface area contributed by atoms with Crippen LogP contribution in [-0.2, 0) is 11.2 Å². The molecule has 180 valence electrons. The molecular weight excluding hydrogens is 440 g/mol. The summed E-state index contributed by atoms with van der Waals surface area (Å²) in [7, 11) is 0. The van der Waals surface area contributed by atoms with Gasteiger partial charge in [0.1, 0.15) is 11.4 Å². The van der Waals surface area contributed by atoms with E-state index in [2.05, 4.69) is 39.0 Å². The first-order chi connectivity index (χ1) is 17.1. The standard InChI is InChI=1S/C28H30N4O3/c1-18(33)14-22-15-21(6-10-29-22)20-2-5-24-25(16-20)30-11-7-26(24)35-27-17-32(23-3-4-23)31-28(27)19-8-12-34-13-9-19/h2,5-7,10-11,15-19,23,33H,3-4,8-9,12-14H2,1H3. The third-order valence-electron chi connectivity index (χ3n) is 6.83. The molecular formula is C28H30N4O3. The summed E-state index contributed by atoms with van der Waals surface area (Å²) in [5.41, 5.74) is 4.90. The van der Waals surface area contributed by atoms with Crippen molar-refractivity contribution in [3.8, 4) is 22.6 Å². The van der Waals surface area contributed by atoms with E-state index in [-0.39, 0.29) is 0 Å². The zero-order valence-electron chi connectivity index (χ0n) is 19.9. The molecule has 0 bridgehead atoms. The van der Waals surface area contributed by atoms with E-state index < -0.39 is 6.10 Å². The van der Waals surface area contributed by atoms with E-state index >= 15 is 0 Å². The van der Waals surface area contributed by atoms with Gasteiger partial charge in [0, 0.05) is 49.0 Å². The van der Waals surface area contributed by atoms with Crippen LogP contribution in [0, 0.1) is 0 Å². The number of nitrogens with zero attached hydrogens (tertiary/aromatic N) is 4. The average Bonchev–Trinajstić information content (AvgIpc) is 3.64. The highest BCUT2D eigenvalue weighted by Crippen LogP contribution is 2.41. The van der Waals surface area contributed by atoms with Crippen LogP contribution in [0.3, 0.4) is 0 Å². The monoisotopic (exact) mass is 470 g/mol. The van der Waals surface area contributed by atoms with Crippen molar-refractivity contribution in [1.82, 2.24) is 19.7 Å². The van der Waals surface area contributed by atoms with Gasteiger partial charge < -0.3 is 14.6 Å². The van der Waals surface area contributed by atoms with Gasteiger partial charge in [0.25, 0.3) is 0 Å². The van der Waals surface area contributed by atoms with Gasteiger partial charge >= 0.3 is 0 Å². The van der Waals surface area contributed by atoms with Crippen LogP contribution in [0.1, 0.15) is 56.0 Å².